The standard InChI is InChI=1S/C11H11N3O2/c1-9-4-2-3-5-10(9)11(15)16-8-14-7-12-6-13-14/h2-7H,8H2,1H3. The molecule has 1 aromatic heterocycles. The summed E-state index contributed by atoms with van der Waals surface area (Å²) in [7, 11) is 0. The molecule has 2 rings (SSSR count). The third kappa shape index (κ3) is 2.25. The second-order valence-corrected chi connectivity index (χ2v) is 3.31. The molecule has 0 bridgehead atoms. The van der Waals surface area contributed by atoms with Crippen molar-refractivity contribution in [3.05, 3.63) is 48.0 Å². The topological polar surface area (TPSA) is 57.0 Å². The molecule has 0 aliphatic carbocycles. The fraction of sp³-hybridized carbons (Fsp3) is 0.182. The quantitative estimate of drug-likeness (QED) is 0.729. The Hall–Kier alpha value is -2.17. The van der Waals surface area contributed by atoms with Crippen LogP contribution in [0.5, 0.6) is 0 Å². The first-order chi connectivity index (χ1) is 7.77. The summed E-state index contributed by atoms with van der Waals surface area (Å²) in [5.74, 6) is -0.353. The van der Waals surface area contributed by atoms with Crippen molar-refractivity contribution in [3.63, 3.8) is 0 Å². The zero-order chi connectivity index (χ0) is 11.4. The highest BCUT2D eigenvalue weighted by atomic mass is 16.5. The van der Waals surface area contributed by atoms with Crippen molar-refractivity contribution in [1.29, 1.82) is 0 Å². The molecule has 0 atom stereocenters. The second kappa shape index (κ2) is 4.57. The average Bonchev–Trinajstić information content (AvgIpc) is 2.79. The lowest BCUT2D eigenvalue weighted by molar-refractivity contribution is 0.0348. The van der Waals surface area contributed by atoms with Gasteiger partial charge in [-0.2, -0.15) is 5.10 Å². The molecule has 82 valence electrons. The number of ether oxygens (including phenoxy) is 1. The Balaban J connectivity index is 2.01. The van der Waals surface area contributed by atoms with Gasteiger partial charge in [0.25, 0.3) is 0 Å². The van der Waals surface area contributed by atoms with Crippen molar-refractivity contribution in [3.8, 4) is 0 Å². The van der Waals surface area contributed by atoms with Gasteiger partial charge in [0.05, 0.1) is 5.56 Å². The van der Waals surface area contributed by atoms with Gasteiger partial charge in [0.15, 0.2) is 6.73 Å². The molecule has 5 nitrogen and oxygen atoms in total. The number of carbonyl (C=O) groups excluding carboxylic acids is 1. The first-order valence-corrected chi connectivity index (χ1v) is 4.82. The molecule has 0 spiro atoms. The number of benzene rings is 1. The van der Waals surface area contributed by atoms with Gasteiger partial charge in [0.2, 0.25) is 0 Å². The highest BCUT2D eigenvalue weighted by Gasteiger charge is 2.09. The Kier molecular flexibility index (Phi) is 2.95. The van der Waals surface area contributed by atoms with Crippen molar-refractivity contribution in [1.82, 2.24) is 14.8 Å². The van der Waals surface area contributed by atoms with Crippen LogP contribution in [0, 0.1) is 6.92 Å². The summed E-state index contributed by atoms with van der Waals surface area (Å²) < 4.78 is 6.52. The highest BCUT2D eigenvalue weighted by Crippen LogP contribution is 2.08. The van der Waals surface area contributed by atoms with E-state index in [-0.39, 0.29) is 12.7 Å². The molecule has 0 saturated carbocycles. The first kappa shape index (κ1) is 10.4. The fourth-order valence-electron chi connectivity index (χ4n) is 1.30. The minimum Gasteiger partial charge on any atom is -0.439 e. The molecule has 0 N–H and O–H groups in total. The van der Waals surface area contributed by atoms with Crippen LogP contribution in [-0.4, -0.2) is 20.7 Å². The molecular formula is C11H11N3O2. The van der Waals surface area contributed by atoms with E-state index in [9.17, 15) is 4.79 Å². The van der Waals surface area contributed by atoms with E-state index in [1.54, 1.807) is 12.1 Å². The molecule has 0 aliphatic heterocycles. The van der Waals surface area contributed by atoms with Gasteiger partial charge in [0.1, 0.15) is 12.7 Å². The summed E-state index contributed by atoms with van der Waals surface area (Å²) in [5.41, 5.74) is 1.47. The molecule has 0 radical (unpaired) electrons. The van der Waals surface area contributed by atoms with Crippen LogP contribution in [0.25, 0.3) is 0 Å². The lowest BCUT2D eigenvalue weighted by Gasteiger charge is -2.06. The van der Waals surface area contributed by atoms with E-state index < -0.39 is 0 Å². The van der Waals surface area contributed by atoms with Crippen LogP contribution in [0.3, 0.4) is 0 Å². The first-order valence-electron chi connectivity index (χ1n) is 4.82. The third-order valence-electron chi connectivity index (χ3n) is 2.16. The maximum Gasteiger partial charge on any atom is 0.340 e. The number of aryl methyl sites for hydroxylation is 1. The minimum atomic E-state index is -0.353. The van der Waals surface area contributed by atoms with E-state index >= 15 is 0 Å². The molecule has 0 amide bonds. The summed E-state index contributed by atoms with van der Waals surface area (Å²) in [5, 5.41) is 3.83. The molecule has 0 fully saturated rings. The number of carbonyl (C=O) groups is 1. The van der Waals surface area contributed by atoms with Gasteiger partial charge >= 0.3 is 5.97 Å². The molecule has 2 aromatic rings. The largest absolute Gasteiger partial charge is 0.439 e. The summed E-state index contributed by atoms with van der Waals surface area (Å²) >= 11 is 0. The van der Waals surface area contributed by atoms with Gasteiger partial charge in [-0.3, -0.25) is 0 Å². The van der Waals surface area contributed by atoms with Crippen LogP contribution in [0.2, 0.25) is 0 Å². The van der Waals surface area contributed by atoms with Crippen molar-refractivity contribution < 1.29 is 9.53 Å². The maximum absolute atomic E-state index is 11.7. The van der Waals surface area contributed by atoms with E-state index in [1.165, 1.54) is 17.3 Å². The summed E-state index contributed by atoms with van der Waals surface area (Å²) in [4.78, 5) is 15.4. The Labute approximate surface area is 92.7 Å². The van der Waals surface area contributed by atoms with Crippen LogP contribution in [0.1, 0.15) is 15.9 Å². The molecule has 1 aromatic carbocycles. The number of rotatable bonds is 3. The predicted molar refractivity (Wildman–Crippen MR) is 56.6 cm³/mol. The third-order valence-corrected chi connectivity index (χ3v) is 2.16. The maximum atomic E-state index is 11.7. The molecule has 0 saturated heterocycles. The van der Waals surface area contributed by atoms with E-state index in [0.717, 1.165) is 5.56 Å². The minimum absolute atomic E-state index is 0.0766. The van der Waals surface area contributed by atoms with E-state index in [0.29, 0.717) is 5.56 Å². The SMILES string of the molecule is Cc1ccccc1C(=O)OCn1cncn1. The Morgan fingerprint density at radius 1 is 1.44 bits per heavy atom. The summed E-state index contributed by atoms with van der Waals surface area (Å²) in [6.07, 6.45) is 2.88. The number of esters is 1. The normalized spacial score (nSPS) is 10.1. The number of nitrogens with zero attached hydrogens (tertiary/aromatic N) is 3. The number of hydrogen-bond acceptors (Lipinski definition) is 4. The second-order valence-electron chi connectivity index (χ2n) is 3.31. The van der Waals surface area contributed by atoms with Crippen molar-refractivity contribution in [2.45, 2.75) is 13.7 Å². The van der Waals surface area contributed by atoms with Gasteiger partial charge in [-0.05, 0) is 18.6 Å². The molecule has 16 heavy (non-hydrogen) atoms. The lowest BCUT2D eigenvalue weighted by Crippen LogP contribution is -2.11. The zero-order valence-corrected chi connectivity index (χ0v) is 8.83. The van der Waals surface area contributed by atoms with Crippen LogP contribution in [0.4, 0.5) is 0 Å². The van der Waals surface area contributed by atoms with Gasteiger partial charge in [-0.15, -0.1) is 0 Å². The van der Waals surface area contributed by atoms with E-state index in [2.05, 4.69) is 10.1 Å². The smallest absolute Gasteiger partial charge is 0.340 e. The fourth-order valence-corrected chi connectivity index (χ4v) is 1.30. The van der Waals surface area contributed by atoms with E-state index in [1.807, 2.05) is 19.1 Å². The predicted octanol–water partition coefficient (Wildman–Crippen LogP) is 1.40. The van der Waals surface area contributed by atoms with Gasteiger partial charge < -0.3 is 4.74 Å². The van der Waals surface area contributed by atoms with Crippen molar-refractivity contribution in [2.24, 2.45) is 0 Å². The van der Waals surface area contributed by atoms with Crippen LogP contribution in [0.15, 0.2) is 36.9 Å². The summed E-state index contributed by atoms with van der Waals surface area (Å²) in [6, 6.07) is 7.29. The Morgan fingerprint density at radius 3 is 2.94 bits per heavy atom. The van der Waals surface area contributed by atoms with Crippen molar-refractivity contribution >= 4 is 5.97 Å². The molecule has 5 heteroatoms. The van der Waals surface area contributed by atoms with Gasteiger partial charge in [-0.25, -0.2) is 14.5 Å². The van der Waals surface area contributed by atoms with Crippen LogP contribution < -0.4 is 0 Å². The van der Waals surface area contributed by atoms with Crippen LogP contribution in [-0.2, 0) is 11.5 Å². The average molecular weight is 217 g/mol. The number of aromatic nitrogens is 3. The zero-order valence-electron chi connectivity index (χ0n) is 8.83. The molecule has 0 unspecified atom stereocenters. The summed E-state index contributed by atoms with van der Waals surface area (Å²) in [6.45, 7) is 1.94. The van der Waals surface area contributed by atoms with Crippen molar-refractivity contribution in [2.75, 3.05) is 0 Å². The van der Waals surface area contributed by atoms with Gasteiger partial charge in [0, 0.05) is 0 Å². The lowest BCUT2D eigenvalue weighted by atomic mass is 10.1. The Bertz CT molecular complexity index is 480. The van der Waals surface area contributed by atoms with Crippen LogP contribution >= 0.6 is 0 Å². The monoisotopic (exact) mass is 217 g/mol. The highest BCUT2D eigenvalue weighted by molar-refractivity contribution is 5.90. The van der Waals surface area contributed by atoms with Gasteiger partial charge in [-0.1, -0.05) is 18.2 Å². The number of hydrogen-bond donors (Lipinski definition) is 0. The van der Waals surface area contributed by atoms with E-state index in [4.69, 9.17) is 4.74 Å². The molecule has 0 aliphatic rings. The molecular weight excluding hydrogens is 206 g/mol. The molecule has 1 heterocycles. The Morgan fingerprint density at radius 2 is 2.25 bits per heavy atom.